The highest BCUT2D eigenvalue weighted by molar-refractivity contribution is 6.08. The predicted molar refractivity (Wildman–Crippen MR) is 187 cm³/mol. The largest absolute Gasteiger partial charge is 0.496 e. The van der Waals surface area contributed by atoms with Crippen LogP contribution in [0.1, 0.15) is 74.9 Å². The fraction of sp³-hybridized carbons (Fsp3) is 0.256. The van der Waals surface area contributed by atoms with Crippen LogP contribution in [0, 0.1) is 0 Å². The molecule has 0 saturated heterocycles. The Morgan fingerprint density at radius 2 is 0.689 bits per heavy atom. The average molecular weight is 587 g/mol. The van der Waals surface area contributed by atoms with Crippen LogP contribution in [-0.4, -0.2) is 14.2 Å². The van der Waals surface area contributed by atoms with Gasteiger partial charge in [-0.25, -0.2) is 0 Å². The number of ether oxygens (including phenoxy) is 2. The maximum absolute atomic E-state index is 5.93. The Morgan fingerprint density at radius 3 is 1.07 bits per heavy atom. The Hall–Kier alpha value is -4.56. The lowest BCUT2D eigenvalue weighted by Crippen LogP contribution is -2.17. The molecule has 45 heavy (non-hydrogen) atoms. The van der Waals surface area contributed by atoms with E-state index in [2.05, 4.69) is 126 Å². The molecule has 3 aliphatic carbocycles. The smallest absolute Gasteiger partial charge is 0.127 e. The highest BCUT2D eigenvalue weighted by atomic mass is 16.5. The van der Waals surface area contributed by atoms with Gasteiger partial charge in [0.05, 0.1) is 14.2 Å². The molecule has 6 aromatic carbocycles. The van der Waals surface area contributed by atoms with Crippen molar-refractivity contribution in [3.63, 3.8) is 0 Å². The van der Waals surface area contributed by atoms with Crippen LogP contribution in [-0.2, 0) is 16.2 Å². The van der Waals surface area contributed by atoms with E-state index in [9.17, 15) is 0 Å². The van der Waals surface area contributed by atoms with Gasteiger partial charge >= 0.3 is 0 Å². The minimum Gasteiger partial charge on any atom is -0.496 e. The van der Waals surface area contributed by atoms with Gasteiger partial charge in [-0.3, -0.25) is 0 Å². The van der Waals surface area contributed by atoms with Crippen molar-refractivity contribution in [2.24, 2.45) is 0 Å². The Balaban J connectivity index is 1.31. The topological polar surface area (TPSA) is 18.5 Å². The Kier molecular flexibility index (Phi) is 4.99. The third kappa shape index (κ3) is 3.10. The van der Waals surface area contributed by atoms with Gasteiger partial charge in [0, 0.05) is 27.0 Å². The molecular weight excluding hydrogens is 548 g/mol. The predicted octanol–water partition coefficient (Wildman–Crippen LogP) is 10.9. The number of benzene rings is 6. The fourth-order valence-corrected chi connectivity index (χ4v) is 9.15. The summed E-state index contributed by atoms with van der Waals surface area (Å²) in [5, 5.41) is 4.89. The monoisotopic (exact) mass is 586 g/mol. The molecule has 222 valence electrons. The van der Waals surface area contributed by atoms with E-state index < -0.39 is 0 Å². The molecule has 3 aliphatic rings. The number of rotatable bonds is 2. The molecule has 0 N–H and O–H groups in total. The van der Waals surface area contributed by atoms with E-state index in [-0.39, 0.29) is 16.2 Å². The lowest BCUT2D eigenvalue weighted by Gasteiger charge is -2.25. The molecule has 0 fully saturated rings. The summed E-state index contributed by atoms with van der Waals surface area (Å²) in [4.78, 5) is 0. The zero-order chi connectivity index (χ0) is 31.2. The van der Waals surface area contributed by atoms with Crippen LogP contribution in [0.3, 0.4) is 0 Å². The van der Waals surface area contributed by atoms with E-state index in [0.29, 0.717) is 0 Å². The van der Waals surface area contributed by atoms with E-state index >= 15 is 0 Å². The summed E-state index contributed by atoms with van der Waals surface area (Å²) in [6, 6.07) is 32.1. The zero-order valence-corrected chi connectivity index (χ0v) is 27.4. The molecule has 6 aromatic rings. The summed E-state index contributed by atoms with van der Waals surface area (Å²) >= 11 is 0. The van der Waals surface area contributed by atoms with Crippen LogP contribution in [0.4, 0.5) is 0 Å². The highest BCUT2D eigenvalue weighted by Gasteiger charge is 2.45. The van der Waals surface area contributed by atoms with E-state index in [1.54, 1.807) is 14.2 Å². The molecule has 0 spiro atoms. The summed E-state index contributed by atoms with van der Waals surface area (Å²) in [5.74, 6) is 1.90. The third-order valence-electron chi connectivity index (χ3n) is 11.6. The second-order valence-corrected chi connectivity index (χ2v) is 14.9. The first-order valence-electron chi connectivity index (χ1n) is 16.1. The second kappa shape index (κ2) is 8.37. The van der Waals surface area contributed by atoms with Crippen LogP contribution in [0.15, 0.2) is 84.9 Å². The molecule has 0 bridgehead atoms. The van der Waals surface area contributed by atoms with Crippen molar-refractivity contribution in [3.8, 4) is 44.9 Å². The van der Waals surface area contributed by atoms with Crippen molar-refractivity contribution in [1.82, 2.24) is 0 Å². The maximum atomic E-state index is 5.93. The van der Waals surface area contributed by atoms with Crippen molar-refractivity contribution in [3.05, 3.63) is 118 Å². The zero-order valence-electron chi connectivity index (χ0n) is 27.4. The second-order valence-electron chi connectivity index (χ2n) is 14.9. The van der Waals surface area contributed by atoms with Crippen LogP contribution in [0.2, 0.25) is 0 Å². The van der Waals surface area contributed by atoms with E-state index in [1.807, 2.05) is 0 Å². The number of hydrogen-bond donors (Lipinski definition) is 0. The summed E-state index contributed by atoms with van der Waals surface area (Å²) in [6.45, 7) is 14.3. The van der Waals surface area contributed by atoms with E-state index in [1.165, 1.54) is 88.3 Å². The molecule has 0 aliphatic heterocycles. The summed E-state index contributed by atoms with van der Waals surface area (Å²) in [7, 11) is 3.57. The van der Waals surface area contributed by atoms with Crippen LogP contribution >= 0.6 is 0 Å². The van der Waals surface area contributed by atoms with E-state index in [4.69, 9.17) is 9.47 Å². The SMILES string of the molecule is COc1cc2c(c3ccccc13)-c1cc3c(cc1C2(C)C)-c1cc2c(cc1C3(C)C)-c1c(cc(OC)c3ccccc13)C2(C)C. The van der Waals surface area contributed by atoms with Gasteiger partial charge in [0.25, 0.3) is 0 Å². The van der Waals surface area contributed by atoms with Crippen LogP contribution in [0.5, 0.6) is 11.5 Å². The fourth-order valence-electron chi connectivity index (χ4n) is 9.15. The number of methoxy groups -OCH3 is 2. The van der Waals surface area contributed by atoms with Crippen molar-refractivity contribution < 1.29 is 9.47 Å². The first-order chi connectivity index (χ1) is 21.5. The van der Waals surface area contributed by atoms with Crippen LogP contribution in [0.25, 0.3) is 54.9 Å². The molecule has 0 unspecified atom stereocenters. The molecule has 0 heterocycles. The van der Waals surface area contributed by atoms with Crippen LogP contribution < -0.4 is 9.47 Å². The highest BCUT2D eigenvalue weighted by Crippen LogP contribution is 2.61. The normalized spacial score (nSPS) is 17.0. The molecule has 0 radical (unpaired) electrons. The summed E-state index contributed by atoms with van der Waals surface area (Å²) < 4.78 is 11.9. The Morgan fingerprint density at radius 1 is 0.378 bits per heavy atom. The van der Waals surface area contributed by atoms with Gasteiger partial charge in [0.2, 0.25) is 0 Å². The molecule has 9 rings (SSSR count). The summed E-state index contributed by atoms with van der Waals surface area (Å²) in [6.07, 6.45) is 0. The molecule has 2 heteroatoms. The Labute approximate surface area is 265 Å². The number of hydrogen-bond acceptors (Lipinski definition) is 2. The molecular formula is C43H38O2. The van der Waals surface area contributed by atoms with Gasteiger partial charge < -0.3 is 9.47 Å². The molecule has 0 amide bonds. The lowest BCUT2D eigenvalue weighted by molar-refractivity contribution is 0.418. The quantitative estimate of drug-likeness (QED) is 0.201. The van der Waals surface area contributed by atoms with Gasteiger partial charge in [0.15, 0.2) is 0 Å². The lowest BCUT2D eigenvalue weighted by atomic mass is 9.78. The average Bonchev–Trinajstić information content (AvgIpc) is 3.51. The summed E-state index contributed by atoms with van der Waals surface area (Å²) in [5.41, 5.74) is 16.1. The van der Waals surface area contributed by atoms with Gasteiger partial charge in [-0.2, -0.15) is 0 Å². The van der Waals surface area contributed by atoms with Crippen molar-refractivity contribution in [2.75, 3.05) is 14.2 Å². The first kappa shape index (κ1) is 26.8. The van der Waals surface area contributed by atoms with Gasteiger partial charge in [0.1, 0.15) is 11.5 Å². The molecule has 0 saturated carbocycles. The van der Waals surface area contributed by atoms with Crippen molar-refractivity contribution in [1.29, 1.82) is 0 Å². The van der Waals surface area contributed by atoms with Gasteiger partial charge in [-0.15, -0.1) is 0 Å². The molecule has 0 atom stereocenters. The number of fused-ring (bicyclic) bond motifs is 13. The van der Waals surface area contributed by atoms with Gasteiger partial charge in [-0.05, 0) is 114 Å². The molecule has 2 nitrogen and oxygen atoms in total. The minimum atomic E-state index is -0.147. The van der Waals surface area contributed by atoms with E-state index in [0.717, 1.165) is 11.5 Å². The Bertz CT molecular complexity index is 2150. The first-order valence-corrected chi connectivity index (χ1v) is 16.1. The van der Waals surface area contributed by atoms with Crippen molar-refractivity contribution in [2.45, 2.75) is 57.8 Å². The minimum absolute atomic E-state index is 0.140. The van der Waals surface area contributed by atoms with Gasteiger partial charge in [-0.1, -0.05) is 90.1 Å². The van der Waals surface area contributed by atoms with Crippen molar-refractivity contribution >= 4 is 21.5 Å². The standard InChI is InChI=1S/C43H38O2/c1-41(2)31-19-29-33(42(3,4)35-21-37(44-7)23-13-9-11-15-25(23)39(29)35)17-27(31)28-18-34-30(20-32(28)41)40-26-16-12-10-14-24(26)38(45-8)22-36(40)43(34,5)6/h9-22H,1-8H3. The maximum Gasteiger partial charge on any atom is 0.127 e. The molecule has 0 aromatic heterocycles. The third-order valence-corrected chi connectivity index (χ3v) is 11.6.